The lowest BCUT2D eigenvalue weighted by atomic mass is 10.2. The summed E-state index contributed by atoms with van der Waals surface area (Å²) in [6, 6.07) is 9.86. The van der Waals surface area contributed by atoms with E-state index < -0.39 is 23.3 Å². The molecule has 2 amide bonds. The van der Waals surface area contributed by atoms with Gasteiger partial charge in [0.25, 0.3) is 17.5 Å². The van der Waals surface area contributed by atoms with Crippen molar-refractivity contribution < 1.29 is 28.0 Å². The predicted molar refractivity (Wildman–Crippen MR) is 81.1 cm³/mol. The summed E-state index contributed by atoms with van der Waals surface area (Å²) in [5.74, 6) is -1.77. The highest BCUT2D eigenvalue weighted by molar-refractivity contribution is 5.99. The number of halogens is 2. The number of amides is 2. The maximum atomic E-state index is 12.2. The smallest absolute Gasteiger partial charge is 0.387 e. The van der Waals surface area contributed by atoms with Crippen molar-refractivity contribution in [3.63, 3.8) is 0 Å². The van der Waals surface area contributed by atoms with E-state index in [1.165, 1.54) is 36.4 Å². The van der Waals surface area contributed by atoms with E-state index in [0.29, 0.717) is 0 Å². The van der Waals surface area contributed by atoms with Crippen LogP contribution in [0.2, 0.25) is 0 Å². The molecule has 2 rings (SSSR count). The Morgan fingerprint density at radius 3 is 2.12 bits per heavy atom. The Hall–Kier alpha value is -3.56. The van der Waals surface area contributed by atoms with Gasteiger partial charge in [0, 0.05) is 23.3 Å². The molecule has 2 aromatic rings. The van der Waals surface area contributed by atoms with E-state index in [-0.39, 0.29) is 22.6 Å². The second-order valence-electron chi connectivity index (χ2n) is 4.62. The van der Waals surface area contributed by atoms with Gasteiger partial charge in [-0.2, -0.15) is 8.78 Å². The lowest BCUT2D eigenvalue weighted by molar-refractivity contribution is -0.384. The van der Waals surface area contributed by atoms with E-state index >= 15 is 0 Å². The molecule has 0 aliphatic carbocycles. The van der Waals surface area contributed by atoms with Gasteiger partial charge in [-0.1, -0.05) is 12.1 Å². The molecule has 25 heavy (non-hydrogen) atoms. The van der Waals surface area contributed by atoms with E-state index in [1.54, 1.807) is 0 Å². The van der Waals surface area contributed by atoms with Gasteiger partial charge >= 0.3 is 6.61 Å². The highest BCUT2D eigenvalue weighted by atomic mass is 19.3. The highest BCUT2D eigenvalue weighted by Gasteiger charge is 2.13. The molecule has 0 bridgehead atoms. The average molecular weight is 351 g/mol. The molecule has 0 aromatic heterocycles. The molecule has 0 saturated carbocycles. The van der Waals surface area contributed by atoms with Crippen molar-refractivity contribution in [3.8, 4) is 5.75 Å². The number of hydrogen-bond acceptors (Lipinski definition) is 5. The fourth-order valence-corrected chi connectivity index (χ4v) is 1.83. The van der Waals surface area contributed by atoms with Crippen LogP contribution >= 0.6 is 0 Å². The number of carbonyl (C=O) groups is 2. The van der Waals surface area contributed by atoms with E-state index in [4.69, 9.17) is 0 Å². The molecule has 2 N–H and O–H groups in total. The van der Waals surface area contributed by atoms with Crippen molar-refractivity contribution in [2.24, 2.45) is 0 Å². The molecular formula is C15H11F2N3O5. The minimum absolute atomic E-state index is 0.0301. The van der Waals surface area contributed by atoms with Crippen LogP contribution in [0.5, 0.6) is 5.75 Å². The number of carbonyl (C=O) groups excluding carboxylic acids is 2. The van der Waals surface area contributed by atoms with Crippen LogP contribution in [-0.2, 0) is 0 Å². The minimum atomic E-state index is -3.04. The van der Waals surface area contributed by atoms with Gasteiger partial charge in [0.2, 0.25) is 0 Å². The van der Waals surface area contributed by atoms with Crippen LogP contribution in [0.4, 0.5) is 14.5 Å². The molecule has 0 unspecified atom stereocenters. The summed E-state index contributed by atoms with van der Waals surface area (Å²) in [6.45, 7) is -3.04. The van der Waals surface area contributed by atoms with Crippen molar-refractivity contribution in [2.45, 2.75) is 6.61 Å². The van der Waals surface area contributed by atoms with Crippen molar-refractivity contribution >= 4 is 17.5 Å². The zero-order valence-corrected chi connectivity index (χ0v) is 12.4. The van der Waals surface area contributed by atoms with Gasteiger partial charge in [-0.15, -0.1) is 0 Å². The largest absolute Gasteiger partial charge is 0.435 e. The Labute approximate surface area is 139 Å². The first-order chi connectivity index (χ1) is 11.9. The SMILES string of the molecule is O=C(NNC(=O)c1cccc([N+](=O)[O-])c1)c1cccc(OC(F)F)c1. The first-order valence-corrected chi connectivity index (χ1v) is 6.77. The molecule has 10 heteroatoms. The monoisotopic (exact) mass is 351 g/mol. The molecule has 8 nitrogen and oxygen atoms in total. The number of benzene rings is 2. The molecule has 0 saturated heterocycles. The average Bonchev–Trinajstić information content (AvgIpc) is 2.59. The quantitative estimate of drug-likeness (QED) is 0.634. The summed E-state index contributed by atoms with van der Waals surface area (Å²) in [6.07, 6.45) is 0. The first kappa shape index (κ1) is 17.8. The van der Waals surface area contributed by atoms with Crippen LogP contribution in [0.1, 0.15) is 20.7 Å². The Bertz CT molecular complexity index is 813. The topological polar surface area (TPSA) is 111 Å². The van der Waals surface area contributed by atoms with Crippen molar-refractivity contribution in [1.82, 2.24) is 10.9 Å². The molecule has 0 spiro atoms. The van der Waals surface area contributed by atoms with E-state index in [1.807, 2.05) is 0 Å². The maximum Gasteiger partial charge on any atom is 0.387 e. The Balaban J connectivity index is 2.01. The molecule has 0 aliphatic heterocycles. The lowest BCUT2D eigenvalue weighted by Gasteiger charge is -2.09. The summed E-state index contributed by atoms with van der Waals surface area (Å²) in [4.78, 5) is 33.8. The van der Waals surface area contributed by atoms with Crippen LogP contribution in [0.25, 0.3) is 0 Å². The number of nitrogens with one attached hydrogen (secondary N) is 2. The molecule has 130 valence electrons. The number of nitro benzene ring substituents is 1. The summed E-state index contributed by atoms with van der Waals surface area (Å²) in [7, 11) is 0. The molecule has 0 heterocycles. The number of ether oxygens (including phenoxy) is 1. The van der Waals surface area contributed by atoms with Crippen molar-refractivity contribution in [2.75, 3.05) is 0 Å². The third-order valence-electron chi connectivity index (χ3n) is 2.93. The number of nitro groups is 1. The van der Waals surface area contributed by atoms with Gasteiger partial charge in [-0.25, -0.2) is 0 Å². The van der Waals surface area contributed by atoms with Crippen LogP contribution in [-0.4, -0.2) is 23.3 Å². The third kappa shape index (κ3) is 4.96. The van der Waals surface area contributed by atoms with Crippen LogP contribution < -0.4 is 15.6 Å². The Morgan fingerprint density at radius 2 is 1.56 bits per heavy atom. The fraction of sp³-hybridized carbons (Fsp3) is 0.0667. The lowest BCUT2D eigenvalue weighted by Crippen LogP contribution is -2.41. The zero-order chi connectivity index (χ0) is 18.4. The van der Waals surface area contributed by atoms with Crippen molar-refractivity contribution in [1.29, 1.82) is 0 Å². The second kappa shape index (κ2) is 7.81. The number of nitrogens with zero attached hydrogens (tertiary/aromatic N) is 1. The van der Waals surface area contributed by atoms with Crippen LogP contribution in [0.3, 0.4) is 0 Å². The summed E-state index contributed by atoms with van der Waals surface area (Å²) < 4.78 is 28.5. The number of alkyl halides is 2. The molecule has 0 atom stereocenters. The highest BCUT2D eigenvalue weighted by Crippen LogP contribution is 2.16. The van der Waals surface area contributed by atoms with Gasteiger partial charge in [-0.3, -0.25) is 30.6 Å². The first-order valence-electron chi connectivity index (χ1n) is 6.77. The summed E-state index contributed by atoms with van der Waals surface area (Å²) >= 11 is 0. The minimum Gasteiger partial charge on any atom is -0.435 e. The molecular weight excluding hydrogens is 340 g/mol. The van der Waals surface area contributed by atoms with Gasteiger partial charge in [-0.05, 0) is 24.3 Å². The number of non-ortho nitro benzene ring substituents is 1. The van der Waals surface area contributed by atoms with E-state index in [9.17, 15) is 28.5 Å². The molecule has 0 fully saturated rings. The predicted octanol–water partition coefficient (Wildman–Crippen LogP) is 2.27. The Morgan fingerprint density at radius 1 is 1.00 bits per heavy atom. The van der Waals surface area contributed by atoms with E-state index in [0.717, 1.165) is 12.1 Å². The molecule has 2 aromatic carbocycles. The number of hydrazine groups is 1. The fourth-order valence-electron chi connectivity index (χ4n) is 1.83. The van der Waals surface area contributed by atoms with Gasteiger partial charge < -0.3 is 4.74 Å². The van der Waals surface area contributed by atoms with E-state index in [2.05, 4.69) is 15.6 Å². The summed E-state index contributed by atoms with van der Waals surface area (Å²) in [5, 5.41) is 10.7. The maximum absolute atomic E-state index is 12.2. The van der Waals surface area contributed by atoms with Crippen molar-refractivity contribution in [3.05, 3.63) is 69.8 Å². The summed E-state index contributed by atoms with van der Waals surface area (Å²) in [5.41, 5.74) is 3.80. The standard InChI is InChI=1S/C15H11F2N3O5/c16-15(17)25-12-6-2-4-10(8-12)14(22)19-18-13(21)9-3-1-5-11(7-9)20(23)24/h1-8,15H,(H,18,21)(H,19,22). The van der Waals surface area contributed by atoms with Gasteiger partial charge in [0.05, 0.1) is 4.92 Å². The van der Waals surface area contributed by atoms with Crippen LogP contribution in [0.15, 0.2) is 48.5 Å². The van der Waals surface area contributed by atoms with Gasteiger partial charge in [0.15, 0.2) is 0 Å². The normalized spacial score (nSPS) is 10.2. The van der Waals surface area contributed by atoms with Gasteiger partial charge in [0.1, 0.15) is 5.75 Å². The number of rotatable bonds is 5. The second-order valence-corrected chi connectivity index (χ2v) is 4.62. The third-order valence-corrected chi connectivity index (χ3v) is 2.93. The zero-order valence-electron chi connectivity index (χ0n) is 12.4. The Kier molecular flexibility index (Phi) is 5.56. The molecule has 0 aliphatic rings. The number of hydrogen-bond donors (Lipinski definition) is 2. The molecule has 0 radical (unpaired) electrons. The van der Waals surface area contributed by atoms with Crippen LogP contribution in [0, 0.1) is 10.1 Å².